The Morgan fingerprint density at radius 2 is 2.18 bits per heavy atom. The molecular formula is C13H14N2O2. The lowest BCUT2D eigenvalue weighted by Gasteiger charge is -2.09. The van der Waals surface area contributed by atoms with Gasteiger partial charge in [-0.1, -0.05) is 17.7 Å². The summed E-state index contributed by atoms with van der Waals surface area (Å²) >= 11 is 0. The molecule has 0 aliphatic carbocycles. The van der Waals surface area contributed by atoms with Crippen molar-refractivity contribution in [2.24, 2.45) is 0 Å². The molecule has 0 amide bonds. The monoisotopic (exact) mass is 230 g/mol. The van der Waals surface area contributed by atoms with Crippen molar-refractivity contribution in [2.75, 3.05) is 0 Å². The van der Waals surface area contributed by atoms with Crippen LogP contribution in [0.3, 0.4) is 0 Å². The minimum absolute atomic E-state index is 0.320. The van der Waals surface area contributed by atoms with E-state index in [1.54, 1.807) is 16.9 Å². The molecule has 88 valence electrons. The van der Waals surface area contributed by atoms with Gasteiger partial charge in [-0.25, -0.2) is 4.79 Å². The SMILES string of the molecule is CCn1nccc1-c1ccc(C)cc1C(=O)O. The first-order valence-electron chi connectivity index (χ1n) is 5.49. The van der Waals surface area contributed by atoms with Gasteiger partial charge in [0.05, 0.1) is 11.3 Å². The number of hydrogen-bond acceptors (Lipinski definition) is 2. The topological polar surface area (TPSA) is 55.1 Å². The smallest absolute Gasteiger partial charge is 0.336 e. The number of benzene rings is 1. The zero-order valence-corrected chi connectivity index (χ0v) is 9.84. The maximum atomic E-state index is 11.2. The van der Waals surface area contributed by atoms with Crippen LogP contribution in [0, 0.1) is 6.92 Å². The largest absolute Gasteiger partial charge is 0.478 e. The molecule has 0 bridgehead atoms. The second-order valence-corrected chi connectivity index (χ2v) is 3.89. The number of hydrogen-bond donors (Lipinski definition) is 1. The number of aromatic nitrogens is 2. The predicted molar refractivity (Wildman–Crippen MR) is 65.0 cm³/mol. The van der Waals surface area contributed by atoms with Crippen molar-refractivity contribution < 1.29 is 9.90 Å². The first kappa shape index (κ1) is 11.4. The molecule has 17 heavy (non-hydrogen) atoms. The number of carboxylic acids is 1. The van der Waals surface area contributed by atoms with Crippen molar-refractivity contribution >= 4 is 5.97 Å². The van der Waals surface area contributed by atoms with E-state index < -0.39 is 5.97 Å². The summed E-state index contributed by atoms with van der Waals surface area (Å²) in [4.78, 5) is 11.2. The lowest BCUT2D eigenvalue weighted by atomic mass is 10.0. The molecular weight excluding hydrogens is 216 g/mol. The zero-order chi connectivity index (χ0) is 12.4. The van der Waals surface area contributed by atoms with Crippen LogP contribution in [0.4, 0.5) is 0 Å². The molecule has 0 atom stereocenters. The van der Waals surface area contributed by atoms with Gasteiger partial charge in [-0.2, -0.15) is 5.10 Å². The van der Waals surface area contributed by atoms with Crippen molar-refractivity contribution in [1.29, 1.82) is 0 Å². The summed E-state index contributed by atoms with van der Waals surface area (Å²) < 4.78 is 1.79. The van der Waals surface area contributed by atoms with E-state index in [1.165, 1.54) is 0 Å². The molecule has 1 N–H and O–H groups in total. The Hall–Kier alpha value is -2.10. The Bertz CT molecular complexity index is 558. The third-order valence-corrected chi connectivity index (χ3v) is 2.70. The van der Waals surface area contributed by atoms with Crippen LogP contribution in [0.15, 0.2) is 30.5 Å². The molecule has 4 heteroatoms. The van der Waals surface area contributed by atoms with E-state index in [2.05, 4.69) is 5.10 Å². The van der Waals surface area contributed by atoms with Crippen LogP contribution in [-0.2, 0) is 6.54 Å². The molecule has 0 saturated heterocycles. The third kappa shape index (κ3) is 2.06. The average molecular weight is 230 g/mol. The summed E-state index contributed by atoms with van der Waals surface area (Å²) in [5.41, 5.74) is 2.81. The number of carboxylic acid groups (broad SMARTS) is 1. The Morgan fingerprint density at radius 1 is 1.41 bits per heavy atom. The summed E-state index contributed by atoms with van der Waals surface area (Å²) in [5.74, 6) is -0.910. The number of rotatable bonds is 3. The molecule has 2 aromatic rings. The van der Waals surface area contributed by atoms with Crippen LogP contribution in [-0.4, -0.2) is 20.9 Å². The van der Waals surface area contributed by atoms with Gasteiger partial charge in [0.25, 0.3) is 0 Å². The molecule has 0 radical (unpaired) electrons. The van der Waals surface area contributed by atoms with Crippen LogP contribution >= 0.6 is 0 Å². The van der Waals surface area contributed by atoms with Crippen molar-refractivity contribution in [3.8, 4) is 11.3 Å². The van der Waals surface area contributed by atoms with E-state index >= 15 is 0 Å². The van der Waals surface area contributed by atoms with E-state index in [1.807, 2.05) is 32.0 Å². The zero-order valence-electron chi connectivity index (χ0n) is 9.84. The first-order chi connectivity index (χ1) is 8.13. The van der Waals surface area contributed by atoms with Gasteiger partial charge in [0.15, 0.2) is 0 Å². The minimum atomic E-state index is -0.910. The fraction of sp³-hybridized carbons (Fsp3) is 0.231. The van der Waals surface area contributed by atoms with Crippen LogP contribution < -0.4 is 0 Å². The Morgan fingerprint density at radius 3 is 2.82 bits per heavy atom. The summed E-state index contributed by atoms with van der Waals surface area (Å²) in [7, 11) is 0. The van der Waals surface area contributed by atoms with Gasteiger partial charge >= 0.3 is 5.97 Å². The summed E-state index contributed by atoms with van der Waals surface area (Å²) in [6.45, 7) is 4.58. The number of carbonyl (C=O) groups is 1. The van der Waals surface area contributed by atoms with Crippen molar-refractivity contribution in [2.45, 2.75) is 20.4 Å². The standard InChI is InChI=1S/C13H14N2O2/c1-3-15-12(6-7-14-15)10-5-4-9(2)8-11(10)13(16)17/h4-8H,3H2,1-2H3,(H,16,17). The lowest BCUT2D eigenvalue weighted by Crippen LogP contribution is -2.04. The highest BCUT2D eigenvalue weighted by Gasteiger charge is 2.14. The molecule has 0 saturated carbocycles. The van der Waals surface area contributed by atoms with Gasteiger partial charge in [-0.3, -0.25) is 4.68 Å². The molecule has 2 rings (SSSR count). The second-order valence-electron chi connectivity index (χ2n) is 3.89. The Labute approximate surface area is 99.5 Å². The van der Waals surface area contributed by atoms with Gasteiger partial charge in [0, 0.05) is 18.3 Å². The van der Waals surface area contributed by atoms with Gasteiger partial charge in [-0.05, 0) is 26.0 Å². The fourth-order valence-electron chi connectivity index (χ4n) is 1.87. The van der Waals surface area contributed by atoms with Crippen LogP contribution in [0.5, 0.6) is 0 Å². The molecule has 0 aliphatic rings. The van der Waals surface area contributed by atoms with E-state index in [-0.39, 0.29) is 0 Å². The quantitative estimate of drug-likeness (QED) is 0.881. The van der Waals surface area contributed by atoms with E-state index in [9.17, 15) is 9.90 Å². The normalized spacial score (nSPS) is 10.5. The van der Waals surface area contributed by atoms with E-state index in [0.717, 1.165) is 17.8 Å². The number of nitrogens with zero attached hydrogens (tertiary/aromatic N) is 2. The average Bonchev–Trinajstić information content (AvgIpc) is 2.76. The molecule has 1 aromatic carbocycles. The molecule has 0 aliphatic heterocycles. The van der Waals surface area contributed by atoms with Crippen LogP contribution in [0.25, 0.3) is 11.3 Å². The maximum absolute atomic E-state index is 11.2. The van der Waals surface area contributed by atoms with Crippen molar-refractivity contribution in [3.05, 3.63) is 41.6 Å². The summed E-state index contributed by atoms with van der Waals surface area (Å²) in [6.07, 6.45) is 1.68. The number of aromatic carboxylic acids is 1. The molecule has 0 unspecified atom stereocenters. The van der Waals surface area contributed by atoms with Crippen LogP contribution in [0.2, 0.25) is 0 Å². The van der Waals surface area contributed by atoms with Gasteiger partial charge in [0.2, 0.25) is 0 Å². The number of aryl methyl sites for hydroxylation is 2. The Kier molecular flexibility index (Phi) is 2.95. The molecule has 0 fully saturated rings. The van der Waals surface area contributed by atoms with Crippen molar-refractivity contribution in [3.63, 3.8) is 0 Å². The van der Waals surface area contributed by atoms with E-state index in [4.69, 9.17) is 0 Å². The highest BCUT2D eigenvalue weighted by molar-refractivity contribution is 5.95. The van der Waals surface area contributed by atoms with Gasteiger partial charge in [-0.15, -0.1) is 0 Å². The van der Waals surface area contributed by atoms with Gasteiger partial charge in [0.1, 0.15) is 0 Å². The highest BCUT2D eigenvalue weighted by atomic mass is 16.4. The van der Waals surface area contributed by atoms with Crippen molar-refractivity contribution in [1.82, 2.24) is 9.78 Å². The van der Waals surface area contributed by atoms with Gasteiger partial charge < -0.3 is 5.11 Å². The highest BCUT2D eigenvalue weighted by Crippen LogP contribution is 2.24. The fourth-order valence-corrected chi connectivity index (χ4v) is 1.87. The lowest BCUT2D eigenvalue weighted by molar-refractivity contribution is 0.0697. The molecule has 1 aromatic heterocycles. The van der Waals surface area contributed by atoms with E-state index in [0.29, 0.717) is 11.1 Å². The molecule has 4 nitrogen and oxygen atoms in total. The third-order valence-electron chi connectivity index (χ3n) is 2.70. The Balaban J connectivity index is 2.63. The maximum Gasteiger partial charge on any atom is 0.336 e. The van der Waals surface area contributed by atoms with Crippen LogP contribution in [0.1, 0.15) is 22.8 Å². The first-order valence-corrected chi connectivity index (χ1v) is 5.49. The predicted octanol–water partition coefficient (Wildman–Crippen LogP) is 2.58. The molecule has 0 spiro atoms. The minimum Gasteiger partial charge on any atom is -0.478 e. The summed E-state index contributed by atoms with van der Waals surface area (Å²) in [6, 6.07) is 7.27. The molecule has 1 heterocycles. The second kappa shape index (κ2) is 4.41. The summed E-state index contributed by atoms with van der Waals surface area (Å²) in [5, 5.41) is 13.4.